The number of rotatable bonds is 6. The van der Waals surface area contributed by atoms with E-state index in [4.69, 9.17) is 5.73 Å². The number of carbonyl (C=O) groups excluding carboxylic acids is 2. The highest BCUT2D eigenvalue weighted by Crippen LogP contribution is 2.37. The second-order valence-electron chi connectivity index (χ2n) is 4.55. The Morgan fingerprint density at radius 2 is 1.72 bits per heavy atom. The van der Waals surface area contributed by atoms with Crippen molar-refractivity contribution in [2.75, 3.05) is 19.6 Å². The summed E-state index contributed by atoms with van der Waals surface area (Å²) < 4.78 is 0. The van der Waals surface area contributed by atoms with Crippen molar-refractivity contribution >= 4 is 17.8 Å². The van der Waals surface area contributed by atoms with Gasteiger partial charge in [0.2, 0.25) is 11.8 Å². The van der Waals surface area contributed by atoms with E-state index in [9.17, 15) is 19.5 Å². The average molecular weight is 257 g/mol. The highest BCUT2D eigenvalue weighted by molar-refractivity contribution is 5.86. The van der Waals surface area contributed by atoms with Crippen LogP contribution in [0.1, 0.15) is 25.7 Å². The predicted molar refractivity (Wildman–Crippen MR) is 63.6 cm³/mol. The van der Waals surface area contributed by atoms with Gasteiger partial charge in [0.05, 0.1) is 18.5 Å². The molecule has 0 bridgehead atoms. The van der Waals surface area contributed by atoms with E-state index >= 15 is 0 Å². The maximum absolute atomic E-state index is 11.4. The second-order valence-corrected chi connectivity index (χ2v) is 4.55. The van der Waals surface area contributed by atoms with Crippen LogP contribution < -0.4 is 16.4 Å². The van der Waals surface area contributed by atoms with Crippen molar-refractivity contribution in [1.82, 2.24) is 10.6 Å². The van der Waals surface area contributed by atoms with Crippen molar-refractivity contribution in [3.05, 3.63) is 0 Å². The van der Waals surface area contributed by atoms with Gasteiger partial charge < -0.3 is 21.5 Å². The molecule has 102 valence electrons. The quantitative estimate of drug-likeness (QED) is 0.477. The molecule has 0 aromatic carbocycles. The van der Waals surface area contributed by atoms with Gasteiger partial charge in [-0.2, -0.15) is 0 Å². The van der Waals surface area contributed by atoms with E-state index in [1.54, 1.807) is 0 Å². The number of hydrogen-bond acceptors (Lipinski definition) is 4. The maximum Gasteiger partial charge on any atom is 0.311 e. The van der Waals surface area contributed by atoms with Gasteiger partial charge in [-0.15, -0.1) is 0 Å². The Morgan fingerprint density at radius 3 is 2.22 bits per heavy atom. The number of carbonyl (C=O) groups is 3. The van der Waals surface area contributed by atoms with Gasteiger partial charge in [-0.05, 0) is 12.8 Å². The summed E-state index contributed by atoms with van der Waals surface area (Å²) in [4.78, 5) is 33.5. The number of aliphatic carboxylic acids is 1. The molecular weight excluding hydrogens is 238 g/mol. The Bertz CT molecular complexity index is 337. The zero-order chi connectivity index (χ0) is 13.6. The molecule has 0 aliphatic heterocycles. The van der Waals surface area contributed by atoms with Crippen LogP contribution in [0.15, 0.2) is 0 Å². The zero-order valence-corrected chi connectivity index (χ0v) is 10.2. The Kier molecular flexibility index (Phi) is 5.08. The van der Waals surface area contributed by atoms with Gasteiger partial charge >= 0.3 is 5.97 Å². The molecule has 7 nitrogen and oxygen atoms in total. The third-order valence-corrected chi connectivity index (χ3v) is 3.27. The van der Waals surface area contributed by atoms with Crippen LogP contribution in [-0.2, 0) is 14.4 Å². The highest BCUT2D eigenvalue weighted by Gasteiger charge is 2.41. The summed E-state index contributed by atoms with van der Waals surface area (Å²) in [5, 5.41) is 14.1. The van der Waals surface area contributed by atoms with Crippen molar-refractivity contribution in [2.24, 2.45) is 11.1 Å². The highest BCUT2D eigenvalue weighted by atomic mass is 16.4. The summed E-state index contributed by atoms with van der Waals surface area (Å²) in [5.41, 5.74) is 4.23. The molecule has 1 fully saturated rings. The number of carboxylic acids is 1. The lowest BCUT2D eigenvalue weighted by molar-refractivity contribution is -0.148. The largest absolute Gasteiger partial charge is 0.481 e. The fraction of sp³-hybridized carbons (Fsp3) is 0.727. The Balaban J connectivity index is 2.36. The Labute approximate surface area is 105 Å². The number of nitrogens with two attached hydrogens (primary N) is 1. The molecule has 18 heavy (non-hydrogen) atoms. The van der Waals surface area contributed by atoms with Crippen LogP contribution >= 0.6 is 0 Å². The Hall–Kier alpha value is -1.63. The molecular formula is C11H19N3O4. The molecule has 0 saturated heterocycles. The van der Waals surface area contributed by atoms with E-state index in [2.05, 4.69) is 10.6 Å². The molecule has 7 heteroatoms. The molecule has 0 heterocycles. The molecule has 1 aliphatic rings. The second kappa shape index (κ2) is 6.34. The molecule has 1 rings (SSSR count). The minimum atomic E-state index is -0.869. The van der Waals surface area contributed by atoms with E-state index in [1.165, 1.54) is 0 Å². The van der Waals surface area contributed by atoms with Gasteiger partial charge in [-0.25, -0.2) is 0 Å². The molecule has 0 radical (unpaired) electrons. The number of hydrogen-bond donors (Lipinski definition) is 4. The van der Waals surface area contributed by atoms with E-state index in [-0.39, 0.29) is 19.6 Å². The summed E-state index contributed by atoms with van der Waals surface area (Å²) >= 11 is 0. The van der Waals surface area contributed by atoms with Crippen molar-refractivity contribution in [3.8, 4) is 0 Å². The summed E-state index contributed by atoms with van der Waals surface area (Å²) in [7, 11) is 0. The monoisotopic (exact) mass is 257 g/mol. The van der Waals surface area contributed by atoms with E-state index in [0.717, 1.165) is 12.8 Å². The minimum absolute atomic E-state index is 0.111. The molecule has 0 spiro atoms. The lowest BCUT2D eigenvalue weighted by Crippen LogP contribution is -2.45. The smallest absolute Gasteiger partial charge is 0.311 e. The zero-order valence-electron chi connectivity index (χ0n) is 10.2. The third kappa shape index (κ3) is 3.69. The standard InChI is InChI=1S/C11H19N3O4/c12-5-8(15)13-6-9(16)14-7-11(10(17)18)3-1-2-4-11/h1-7,12H2,(H,13,15)(H,14,16)(H,17,18). The topological polar surface area (TPSA) is 122 Å². The third-order valence-electron chi connectivity index (χ3n) is 3.27. The van der Waals surface area contributed by atoms with Gasteiger partial charge in [0.25, 0.3) is 0 Å². The fourth-order valence-corrected chi connectivity index (χ4v) is 2.10. The Morgan fingerprint density at radius 1 is 1.11 bits per heavy atom. The molecule has 5 N–H and O–H groups in total. The van der Waals surface area contributed by atoms with Crippen LogP contribution in [0.3, 0.4) is 0 Å². The molecule has 0 aromatic heterocycles. The van der Waals surface area contributed by atoms with Crippen LogP contribution in [-0.4, -0.2) is 42.5 Å². The van der Waals surface area contributed by atoms with E-state index < -0.39 is 23.2 Å². The average Bonchev–Trinajstić information content (AvgIpc) is 2.83. The molecule has 1 aliphatic carbocycles. The van der Waals surface area contributed by atoms with Crippen molar-refractivity contribution < 1.29 is 19.5 Å². The predicted octanol–water partition coefficient (Wildman–Crippen LogP) is -1.18. The van der Waals surface area contributed by atoms with Crippen LogP contribution in [0.2, 0.25) is 0 Å². The van der Waals surface area contributed by atoms with Crippen molar-refractivity contribution in [1.29, 1.82) is 0 Å². The summed E-state index contributed by atoms with van der Waals surface area (Å²) in [6.45, 7) is -0.238. The first-order valence-electron chi connectivity index (χ1n) is 5.97. The first-order valence-corrected chi connectivity index (χ1v) is 5.97. The molecule has 2 amide bonds. The summed E-state index contributed by atoms with van der Waals surface area (Å²) in [6, 6.07) is 0. The lowest BCUT2D eigenvalue weighted by Gasteiger charge is -2.23. The maximum atomic E-state index is 11.4. The summed E-state index contributed by atoms with van der Waals surface area (Å²) in [5.74, 6) is -1.69. The van der Waals surface area contributed by atoms with Crippen LogP contribution in [0.4, 0.5) is 0 Å². The number of nitrogens with one attached hydrogen (secondary N) is 2. The minimum Gasteiger partial charge on any atom is -0.481 e. The molecule has 0 atom stereocenters. The lowest BCUT2D eigenvalue weighted by atomic mass is 9.86. The fourth-order valence-electron chi connectivity index (χ4n) is 2.10. The molecule has 0 unspecified atom stereocenters. The van der Waals surface area contributed by atoms with Gasteiger partial charge in [0, 0.05) is 6.54 Å². The van der Waals surface area contributed by atoms with Gasteiger partial charge in [-0.3, -0.25) is 14.4 Å². The first-order chi connectivity index (χ1) is 8.50. The number of carboxylic acid groups (broad SMARTS) is 1. The first kappa shape index (κ1) is 14.4. The van der Waals surface area contributed by atoms with Crippen LogP contribution in [0.25, 0.3) is 0 Å². The van der Waals surface area contributed by atoms with Crippen molar-refractivity contribution in [3.63, 3.8) is 0 Å². The van der Waals surface area contributed by atoms with Crippen molar-refractivity contribution in [2.45, 2.75) is 25.7 Å². The number of amides is 2. The molecule has 1 saturated carbocycles. The molecule has 0 aromatic rings. The van der Waals surface area contributed by atoms with E-state index in [0.29, 0.717) is 12.8 Å². The van der Waals surface area contributed by atoms with Gasteiger partial charge in [0.15, 0.2) is 0 Å². The normalized spacial score (nSPS) is 17.2. The van der Waals surface area contributed by atoms with Gasteiger partial charge in [-0.1, -0.05) is 12.8 Å². The van der Waals surface area contributed by atoms with Crippen LogP contribution in [0.5, 0.6) is 0 Å². The van der Waals surface area contributed by atoms with E-state index in [1.807, 2.05) is 0 Å². The summed E-state index contributed by atoms with van der Waals surface area (Å²) in [6.07, 6.45) is 2.90. The van der Waals surface area contributed by atoms with Gasteiger partial charge in [0.1, 0.15) is 0 Å². The van der Waals surface area contributed by atoms with Crippen LogP contribution in [0, 0.1) is 5.41 Å². The SMILES string of the molecule is NCC(=O)NCC(=O)NCC1(C(=O)O)CCCC1.